The molecule has 0 aliphatic carbocycles. The Morgan fingerprint density at radius 3 is 2.43 bits per heavy atom. The Morgan fingerprint density at radius 1 is 1.05 bits per heavy atom. The number of hydrogen-bond donors (Lipinski definition) is 1. The Bertz CT molecular complexity index is 1450. The van der Waals surface area contributed by atoms with Gasteiger partial charge < -0.3 is 15.0 Å². The van der Waals surface area contributed by atoms with Gasteiger partial charge >= 0.3 is 6.03 Å². The highest BCUT2D eigenvalue weighted by molar-refractivity contribution is 6.37. The highest BCUT2D eigenvalue weighted by atomic mass is 35.5. The van der Waals surface area contributed by atoms with E-state index in [4.69, 9.17) is 27.9 Å². The summed E-state index contributed by atoms with van der Waals surface area (Å²) in [7, 11) is 0. The molecule has 2 aliphatic rings. The molecule has 0 bridgehead atoms. The van der Waals surface area contributed by atoms with E-state index in [2.05, 4.69) is 17.0 Å². The summed E-state index contributed by atoms with van der Waals surface area (Å²) in [4.78, 5) is 26.8. The number of fused-ring (bicyclic) bond motifs is 1. The summed E-state index contributed by atoms with van der Waals surface area (Å²) in [5.41, 5.74) is 1.81. The number of rotatable bonds is 5. The van der Waals surface area contributed by atoms with E-state index in [0.717, 1.165) is 10.6 Å². The summed E-state index contributed by atoms with van der Waals surface area (Å²) < 4.78 is 34.3. The lowest BCUT2D eigenvalue weighted by Gasteiger charge is -2.29. The highest BCUT2D eigenvalue weighted by Gasteiger charge is 2.29. The largest absolute Gasteiger partial charge is 0.451 e. The van der Waals surface area contributed by atoms with Gasteiger partial charge in [0.05, 0.1) is 27.6 Å². The zero-order chi connectivity index (χ0) is 26.3. The summed E-state index contributed by atoms with van der Waals surface area (Å²) in [6.45, 7) is 4.17. The first kappa shape index (κ1) is 24.7. The SMILES string of the molecule is C=C1C=NN(c2cc(Cl)c(Oc3ccc4c(c3F)CCN(Cc3ccc(F)cc3)C4=O)c(Cl)c2)C(=O)N1. The molecule has 3 aromatic carbocycles. The fourth-order valence-electron chi connectivity index (χ4n) is 4.07. The quantitative estimate of drug-likeness (QED) is 0.411. The molecule has 2 aliphatic heterocycles. The Morgan fingerprint density at radius 2 is 1.76 bits per heavy atom. The van der Waals surface area contributed by atoms with Crippen molar-refractivity contribution in [2.24, 2.45) is 5.10 Å². The lowest BCUT2D eigenvalue weighted by Crippen LogP contribution is -2.40. The normalized spacial score (nSPS) is 15.1. The Kier molecular flexibility index (Phi) is 6.57. The fourth-order valence-corrected chi connectivity index (χ4v) is 4.62. The monoisotopic (exact) mass is 542 g/mol. The van der Waals surface area contributed by atoms with E-state index in [9.17, 15) is 14.0 Å². The minimum absolute atomic E-state index is 0.0168. The van der Waals surface area contributed by atoms with Gasteiger partial charge in [0.25, 0.3) is 5.91 Å². The average Bonchev–Trinajstić information content (AvgIpc) is 2.85. The van der Waals surface area contributed by atoms with E-state index in [1.54, 1.807) is 17.0 Å². The maximum Gasteiger partial charge on any atom is 0.347 e. The predicted octanol–water partition coefficient (Wildman–Crippen LogP) is 6.29. The van der Waals surface area contributed by atoms with Crippen LogP contribution in [0.2, 0.25) is 10.0 Å². The number of ether oxygens (including phenoxy) is 1. The van der Waals surface area contributed by atoms with Crippen molar-refractivity contribution in [2.75, 3.05) is 11.6 Å². The summed E-state index contributed by atoms with van der Waals surface area (Å²) in [6.07, 6.45) is 1.62. The molecule has 0 spiro atoms. The molecule has 0 atom stereocenters. The lowest BCUT2D eigenvalue weighted by atomic mass is 9.97. The van der Waals surface area contributed by atoms with Gasteiger partial charge in [-0.25, -0.2) is 13.6 Å². The van der Waals surface area contributed by atoms with Crippen molar-refractivity contribution < 1.29 is 23.1 Å². The van der Waals surface area contributed by atoms with Gasteiger partial charge in [0.2, 0.25) is 0 Å². The van der Waals surface area contributed by atoms with Crippen molar-refractivity contribution in [1.29, 1.82) is 0 Å². The minimum atomic E-state index is -0.693. The van der Waals surface area contributed by atoms with Crippen molar-refractivity contribution >= 4 is 47.0 Å². The summed E-state index contributed by atoms with van der Waals surface area (Å²) in [6, 6.07) is 11.0. The second-order valence-corrected chi connectivity index (χ2v) is 9.17. The van der Waals surface area contributed by atoms with Gasteiger partial charge in [0.1, 0.15) is 5.82 Å². The first-order chi connectivity index (χ1) is 17.7. The molecular formula is C26H18Cl2F2N4O3. The molecule has 0 radical (unpaired) electrons. The predicted molar refractivity (Wildman–Crippen MR) is 136 cm³/mol. The summed E-state index contributed by atoms with van der Waals surface area (Å²) >= 11 is 12.7. The van der Waals surface area contributed by atoms with E-state index in [1.807, 2.05) is 0 Å². The third kappa shape index (κ3) is 4.87. The minimum Gasteiger partial charge on any atom is -0.451 e. The van der Waals surface area contributed by atoms with Crippen molar-refractivity contribution in [3.8, 4) is 11.5 Å². The molecule has 7 nitrogen and oxygen atoms in total. The van der Waals surface area contributed by atoms with E-state index >= 15 is 4.39 Å². The van der Waals surface area contributed by atoms with Crippen LogP contribution < -0.4 is 15.1 Å². The molecule has 188 valence electrons. The van der Waals surface area contributed by atoms with Crippen molar-refractivity contribution in [2.45, 2.75) is 13.0 Å². The zero-order valence-corrected chi connectivity index (χ0v) is 20.6. The standard InChI is InChI=1S/C26H18Cl2F2N4O3/c1-14-12-31-34(26(36)32-14)17-10-20(27)24(21(28)11-17)37-22-7-6-19-18(23(22)30)8-9-33(25(19)35)13-15-2-4-16(29)5-3-15/h2-7,10-12H,1,8-9,13H2,(H,32,36). The Labute approximate surface area is 220 Å². The number of carbonyl (C=O) groups is 2. The molecule has 0 saturated carbocycles. The lowest BCUT2D eigenvalue weighted by molar-refractivity contribution is 0.0725. The maximum absolute atomic E-state index is 15.4. The zero-order valence-electron chi connectivity index (χ0n) is 19.1. The van der Waals surface area contributed by atoms with Crippen LogP contribution in [0.25, 0.3) is 0 Å². The van der Waals surface area contributed by atoms with Gasteiger partial charge in [-0.2, -0.15) is 10.1 Å². The summed E-state index contributed by atoms with van der Waals surface area (Å²) in [5.74, 6) is -1.56. The number of halogens is 4. The van der Waals surface area contributed by atoms with Crippen LogP contribution in [0.3, 0.4) is 0 Å². The van der Waals surface area contributed by atoms with E-state index in [-0.39, 0.29) is 69.6 Å². The summed E-state index contributed by atoms with van der Waals surface area (Å²) in [5, 5.41) is 7.58. The molecule has 5 rings (SSSR count). The Balaban J connectivity index is 1.37. The number of hydrazone groups is 1. The molecular weight excluding hydrogens is 525 g/mol. The fraction of sp³-hybridized carbons (Fsp3) is 0.115. The van der Waals surface area contributed by atoms with Gasteiger partial charge in [0, 0.05) is 24.2 Å². The number of benzene rings is 3. The number of carbonyl (C=O) groups excluding carboxylic acids is 2. The van der Waals surface area contributed by atoms with Crippen molar-refractivity contribution in [3.05, 3.63) is 99.2 Å². The first-order valence-electron chi connectivity index (χ1n) is 11.1. The van der Waals surface area contributed by atoms with Crippen LogP contribution in [0.4, 0.5) is 19.3 Å². The number of allylic oxidation sites excluding steroid dienone is 1. The van der Waals surface area contributed by atoms with Gasteiger partial charge in [-0.1, -0.05) is 41.9 Å². The number of nitrogens with one attached hydrogen (secondary N) is 1. The number of nitrogens with zero attached hydrogens (tertiary/aromatic N) is 3. The topological polar surface area (TPSA) is 74.2 Å². The molecule has 37 heavy (non-hydrogen) atoms. The van der Waals surface area contributed by atoms with E-state index in [0.29, 0.717) is 5.70 Å². The highest BCUT2D eigenvalue weighted by Crippen LogP contribution is 2.41. The molecule has 11 heteroatoms. The molecule has 3 amide bonds. The van der Waals surface area contributed by atoms with Crippen LogP contribution in [0.15, 0.2) is 65.9 Å². The molecule has 0 saturated heterocycles. The molecule has 0 fully saturated rings. The van der Waals surface area contributed by atoms with E-state index in [1.165, 1.54) is 42.6 Å². The van der Waals surface area contributed by atoms with Crippen molar-refractivity contribution in [1.82, 2.24) is 10.2 Å². The third-order valence-corrected chi connectivity index (χ3v) is 6.43. The maximum atomic E-state index is 15.4. The van der Waals surface area contributed by atoms with Crippen LogP contribution >= 0.6 is 23.2 Å². The molecule has 2 heterocycles. The van der Waals surface area contributed by atoms with Crippen LogP contribution in [-0.2, 0) is 13.0 Å². The molecule has 3 aromatic rings. The second-order valence-electron chi connectivity index (χ2n) is 8.36. The Hall–Kier alpha value is -3.95. The molecule has 0 unspecified atom stereocenters. The van der Waals surface area contributed by atoms with Crippen LogP contribution in [0.5, 0.6) is 11.5 Å². The number of amides is 3. The number of hydrogen-bond acceptors (Lipinski definition) is 4. The first-order valence-corrected chi connectivity index (χ1v) is 11.8. The third-order valence-electron chi connectivity index (χ3n) is 5.87. The molecule has 1 N–H and O–H groups in total. The van der Waals surface area contributed by atoms with Gasteiger partial charge in [-0.15, -0.1) is 0 Å². The smallest absolute Gasteiger partial charge is 0.347 e. The van der Waals surface area contributed by atoms with Crippen LogP contribution in [0, 0.1) is 11.6 Å². The average molecular weight is 543 g/mol. The van der Waals surface area contributed by atoms with Crippen molar-refractivity contribution in [3.63, 3.8) is 0 Å². The number of anilines is 1. The van der Waals surface area contributed by atoms with Crippen LogP contribution in [-0.4, -0.2) is 29.6 Å². The van der Waals surface area contributed by atoms with Gasteiger partial charge in [-0.05, 0) is 48.4 Å². The van der Waals surface area contributed by atoms with Gasteiger partial charge in [0.15, 0.2) is 17.3 Å². The van der Waals surface area contributed by atoms with Crippen LogP contribution in [0.1, 0.15) is 21.5 Å². The van der Waals surface area contributed by atoms with E-state index < -0.39 is 11.8 Å². The molecule has 0 aromatic heterocycles. The second kappa shape index (κ2) is 9.84. The number of urea groups is 1. The van der Waals surface area contributed by atoms with Gasteiger partial charge in [-0.3, -0.25) is 4.79 Å².